The molecular formula is C20H20N2O4. The number of pyridine rings is 1. The summed E-state index contributed by atoms with van der Waals surface area (Å²) in [5.41, 5.74) is 1.31. The molecule has 26 heavy (non-hydrogen) atoms. The molecule has 2 aromatic rings. The summed E-state index contributed by atoms with van der Waals surface area (Å²) in [4.78, 5) is 39.2. The molecule has 1 saturated heterocycles. The molecule has 0 spiro atoms. The molecule has 134 valence electrons. The first-order chi connectivity index (χ1) is 12.6. The Morgan fingerprint density at radius 1 is 1.12 bits per heavy atom. The van der Waals surface area contributed by atoms with Crippen molar-refractivity contribution in [2.75, 3.05) is 19.8 Å². The average molecular weight is 352 g/mol. The molecule has 0 N–H and O–H groups in total. The van der Waals surface area contributed by atoms with E-state index in [0.29, 0.717) is 25.3 Å². The maximum absolute atomic E-state index is 12.9. The van der Waals surface area contributed by atoms with Crippen LogP contribution in [0.2, 0.25) is 0 Å². The minimum absolute atomic E-state index is 0.128. The van der Waals surface area contributed by atoms with E-state index in [0.717, 1.165) is 23.8 Å². The van der Waals surface area contributed by atoms with Crippen LogP contribution >= 0.6 is 0 Å². The molecule has 2 aliphatic rings. The normalized spacial score (nSPS) is 18.7. The van der Waals surface area contributed by atoms with Crippen molar-refractivity contribution in [3.8, 4) is 0 Å². The van der Waals surface area contributed by atoms with Crippen LogP contribution in [0.15, 0.2) is 41.2 Å². The topological polar surface area (TPSA) is 68.6 Å². The number of benzene rings is 1. The van der Waals surface area contributed by atoms with Gasteiger partial charge in [0.05, 0.1) is 5.52 Å². The minimum atomic E-state index is -0.405. The van der Waals surface area contributed by atoms with Crippen molar-refractivity contribution >= 4 is 28.4 Å². The third kappa shape index (κ3) is 2.76. The maximum Gasteiger partial charge on any atom is 0.278 e. The fourth-order valence-corrected chi connectivity index (χ4v) is 3.71. The number of amides is 2. The molecule has 1 aromatic carbocycles. The van der Waals surface area contributed by atoms with Crippen molar-refractivity contribution < 1.29 is 14.3 Å². The van der Waals surface area contributed by atoms with Gasteiger partial charge in [-0.15, -0.1) is 0 Å². The Labute approximate surface area is 150 Å². The number of fused-ring (bicyclic) bond motifs is 1. The first kappa shape index (κ1) is 16.7. The second-order valence-electron chi connectivity index (χ2n) is 6.86. The summed E-state index contributed by atoms with van der Waals surface area (Å²) >= 11 is 0. The lowest BCUT2D eigenvalue weighted by molar-refractivity contribution is -0.137. The zero-order chi connectivity index (χ0) is 18.3. The van der Waals surface area contributed by atoms with E-state index in [4.69, 9.17) is 4.74 Å². The number of aromatic nitrogens is 1. The molecule has 0 radical (unpaired) electrons. The summed E-state index contributed by atoms with van der Waals surface area (Å²) in [6.45, 7) is 3.55. The highest BCUT2D eigenvalue weighted by Gasteiger charge is 2.35. The lowest BCUT2D eigenvalue weighted by Gasteiger charge is -2.26. The SMILES string of the molecule is Cc1cc(=O)n(C2=CC(=O)N(CC3CCOCC3)C2=O)c2ccccc12. The number of imide groups is 1. The molecule has 4 rings (SSSR count). The van der Waals surface area contributed by atoms with E-state index in [-0.39, 0.29) is 23.1 Å². The summed E-state index contributed by atoms with van der Waals surface area (Å²) in [6.07, 6.45) is 2.95. The van der Waals surface area contributed by atoms with Crippen LogP contribution in [0.3, 0.4) is 0 Å². The first-order valence-electron chi connectivity index (χ1n) is 8.83. The van der Waals surface area contributed by atoms with Crippen molar-refractivity contribution in [3.63, 3.8) is 0 Å². The molecule has 2 aliphatic heterocycles. The van der Waals surface area contributed by atoms with Crippen LogP contribution in [-0.2, 0) is 14.3 Å². The second kappa shape index (κ2) is 6.53. The van der Waals surface area contributed by atoms with Crippen molar-refractivity contribution in [2.24, 2.45) is 5.92 Å². The zero-order valence-electron chi connectivity index (χ0n) is 14.6. The molecule has 0 atom stereocenters. The van der Waals surface area contributed by atoms with E-state index in [1.807, 2.05) is 25.1 Å². The summed E-state index contributed by atoms with van der Waals surface area (Å²) in [7, 11) is 0. The van der Waals surface area contributed by atoms with Gasteiger partial charge in [0.2, 0.25) is 0 Å². The summed E-state index contributed by atoms with van der Waals surface area (Å²) in [5, 5.41) is 0.885. The highest BCUT2D eigenvalue weighted by Crippen LogP contribution is 2.25. The molecular weight excluding hydrogens is 332 g/mol. The quantitative estimate of drug-likeness (QED) is 0.792. The maximum atomic E-state index is 12.9. The van der Waals surface area contributed by atoms with Gasteiger partial charge < -0.3 is 4.74 Å². The van der Waals surface area contributed by atoms with E-state index in [9.17, 15) is 14.4 Å². The minimum Gasteiger partial charge on any atom is -0.381 e. The van der Waals surface area contributed by atoms with Crippen LogP contribution in [-0.4, -0.2) is 41.0 Å². The number of carbonyl (C=O) groups is 2. The highest BCUT2D eigenvalue weighted by molar-refractivity contribution is 6.30. The smallest absolute Gasteiger partial charge is 0.278 e. The van der Waals surface area contributed by atoms with Gasteiger partial charge in [0.1, 0.15) is 5.70 Å². The number of rotatable bonds is 3. The van der Waals surface area contributed by atoms with Crippen LogP contribution in [0.4, 0.5) is 0 Å². The van der Waals surface area contributed by atoms with Gasteiger partial charge >= 0.3 is 0 Å². The molecule has 0 bridgehead atoms. The Balaban J connectivity index is 1.72. The Kier molecular flexibility index (Phi) is 4.20. The van der Waals surface area contributed by atoms with Gasteiger partial charge in [-0.2, -0.15) is 0 Å². The predicted octanol–water partition coefficient (Wildman–Crippen LogP) is 1.95. The third-order valence-electron chi connectivity index (χ3n) is 5.14. The van der Waals surface area contributed by atoms with Crippen molar-refractivity contribution in [3.05, 3.63) is 52.3 Å². The molecule has 1 fully saturated rings. The second-order valence-corrected chi connectivity index (χ2v) is 6.86. The van der Waals surface area contributed by atoms with Crippen LogP contribution in [0, 0.1) is 12.8 Å². The number of nitrogens with zero attached hydrogens (tertiary/aromatic N) is 2. The van der Waals surface area contributed by atoms with E-state index in [1.54, 1.807) is 6.07 Å². The fraction of sp³-hybridized carbons (Fsp3) is 0.350. The summed E-state index contributed by atoms with van der Waals surface area (Å²) < 4.78 is 6.69. The van der Waals surface area contributed by atoms with Crippen LogP contribution in [0.1, 0.15) is 18.4 Å². The van der Waals surface area contributed by atoms with Crippen LogP contribution in [0.25, 0.3) is 16.6 Å². The van der Waals surface area contributed by atoms with E-state index < -0.39 is 5.91 Å². The number of ether oxygens (including phenoxy) is 1. The Morgan fingerprint density at radius 3 is 2.62 bits per heavy atom. The number of aryl methyl sites for hydroxylation is 1. The fourth-order valence-electron chi connectivity index (χ4n) is 3.71. The number of hydrogen-bond acceptors (Lipinski definition) is 4. The number of para-hydroxylation sites is 1. The molecule has 6 heteroatoms. The molecule has 1 aromatic heterocycles. The molecule has 0 aliphatic carbocycles. The Morgan fingerprint density at radius 2 is 1.85 bits per heavy atom. The van der Waals surface area contributed by atoms with E-state index >= 15 is 0 Å². The van der Waals surface area contributed by atoms with Gasteiger partial charge in [-0.25, -0.2) is 0 Å². The largest absolute Gasteiger partial charge is 0.381 e. The van der Waals surface area contributed by atoms with Gasteiger partial charge in [0.15, 0.2) is 0 Å². The lowest BCUT2D eigenvalue weighted by atomic mass is 10.00. The molecule has 2 amide bonds. The van der Waals surface area contributed by atoms with Crippen molar-refractivity contribution in [1.82, 2.24) is 9.47 Å². The van der Waals surface area contributed by atoms with Gasteiger partial charge in [-0.3, -0.25) is 23.9 Å². The molecule has 3 heterocycles. The zero-order valence-corrected chi connectivity index (χ0v) is 14.6. The average Bonchev–Trinajstić information content (AvgIpc) is 2.91. The number of carbonyl (C=O) groups excluding carboxylic acids is 2. The van der Waals surface area contributed by atoms with Gasteiger partial charge in [0.25, 0.3) is 17.4 Å². The number of hydrogen-bond donors (Lipinski definition) is 0. The van der Waals surface area contributed by atoms with Crippen molar-refractivity contribution in [1.29, 1.82) is 0 Å². The predicted molar refractivity (Wildman–Crippen MR) is 97.5 cm³/mol. The Hall–Kier alpha value is -2.73. The summed E-state index contributed by atoms with van der Waals surface area (Å²) in [5.74, 6) is -0.512. The lowest BCUT2D eigenvalue weighted by Crippen LogP contribution is -2.38. The third-order valence-corrected chi connectivity index (χ3v) is 5.14. The monoisotopic (exact) mass is 352 g/mol. The van der Waals surface area contributed by atoms with E-state index in [1.165, 1.54) is 21.6 Å². The highest BCUT2D eigenvalue weighted by atomic mass is 16.5. The molecule has 0 unspecified atom stereocenters. The summed E-state index contributed by atoms with van der Waals surface area (Å²) in [6, 6.07) is 8.91. The first-order valence-corrected chi connectivity index (χ1v) is 8.83. The molecule has 6 nitrogen and oxygen atoms in total. The molecule has 0 saturated carbocycles. The van der Waals surface area contributed by atoms with Gasteiger partial charge in [-0.1, -0.05) is 18.2 Å². The van der Waals surface area contributed by atoms with Crippen molar-refractivity contribution in [2.45, 2.75) is 19.8 Å². The van der Waals surface area contributed by atoms with Gasteiger partial charge in [0, 0.05) is 37.3 Å². The van der Waals surface area contributed by atoms with Crippen LogP contribution in [0.5, 0.6) is 0 Å². The standard InChI is InChI=1S/C20H20N2O4/c1-13-10-19(24)22(16-5-3-2-4-15(13)16)17-11-18(23)21(20(17)25)12-14-6-8-26-9-7-14/h2-5,10-11,14H,6-9,12H2,1H3. The Bertz CT molecular complexity index is 983. The van der Waals surface area contributed by atoms with Gasteiger partial charge in [-0.05, 0) is 37.3 Å². The van der Waals surface area contributed by atoms with Crippen LogP contribution < -0.4 is 5.56 Å². The van der Waals surface area contributed by atoms with E-state index in [2.05, 4.69) is 0 Å².